The number of amides is 1. The van der Waals surface area contributed by atoms with Crippen molar-refractivity contribution < 1.29 is 13.2 Å². The number of sulfonamides is 1. The minimum absolute atomic E-state index is 0.130. The molecule has 0 atom stereocenters. The molecule has 1 amide bonds. The molecule has 1 N–H and O–H groups in total. The molecule has 3 rings (SSSR count). The van der Waals surface area contributed by atoms with Crippen LogP contribution >= 0.6 is 11.3 Å². The molecule has 0 aliphatic heterocycles. The van der Waals surface area contributed by atoms with Crippen LogP contribution in [0.15, 0.2) is 58.9 Å². The van der Waals surface area contributed by atoms with Crippen LogP contribution in [0.5, 0.6) is 0 Å². The second-order valence-electron chi connectivity index (χ2n) is 5.52. The number of hydrogen-bond donors (Lipinski definition) is 1. The van der Waals surface area contributed by atoms with Crippen LogP contribution in [0.1, 0.15) is 10.4 Å². The fourth-order valence-electron chi connectivity index (χ4n) is 2.12. The summed E-state index contributed by atoms with van der Waals surface area (Å²) in [5.74, 6) is -0.360. The topological polar surface area (TPSA) is 92.3 Å². The summed E-state index contributed by atoms with van der Waals surface area (Å²) in [6, 6.07) is 11.3. The van der Waals surface area contributed by atoms with Crippen molar-refractivity contribution in [2.75, 3.05) is 19.4 Å². The van der Waals surface area contributed by atoms with Crippen molar-refractivity contribution >= 4 is 32.4 Å². The summed E-state index contributed by atoms with van der Waals surface area (Å²) in [6.45, 7) is 0. The van der Waals surface area contributed by atoms with E-state index in [-0.39, 0.29) is 10.8 Å². The van der Waals surface area contributed by atoms with Crippen molar-refractivity contribution in [3.05, 3.63) is 59.6 Å². The lowest BCUT2D eigenvalue weighted by atomic mass is 10.2. The van der Waals surface area contributed by atoms with Gasteiger partial charge in [-0.05, 0) is 36.4 Å². The van der Waals surface area contributed by atoms with Crippen LogP contribution in [0.2, 0.25) is 0 Å². The summed E-state index contributed by atoms with van der Waals surface area (Å²) >= 11 is 1.29. The third kappa shape index (κ3) is 3.79. The second-order valence-corrected chi connectivity index (χ2v) is 8.53. The van der Waals surface area contributed by atoms with Gasteiger partial charge >= 0.3 is 0 Å². The molecule has 0 fully saturated rings. The van der Waals surface area contributed by atoms with Gasteiger partial charge in [-0.1, -0.05) is 6.07 Å². The first kappa shape index (κ1) is 18.2. The van der Waals surface area contributed by atoms with Crippen molar-refractivity contribution in [3.63, 3.8) is 0 Å². The monoisotopic (exact) mass is 388 g/mol. The predicted molar refractivity (Wildman–Crippen MR) is 101 cm³/mol. The van der Waals surface area contributed by atoms with E-state index in [9.17, 15) is 13.2 Å². The van der Waals surface area contributed by atoms with Gasteiger partial charge in [-0.2, -0.15) is 0 Å². The molecule has 26 heavy (non-hydrogen) atoms. The van der Waals surface area contributed by atoms with E-state index in [1.807, 2.05) is 23.6 Å². The number of thiazole rings is 1. The molecule has 134 valence electrons. The van der Waals surface area contributed by atoms with Gasteiger partial charge in [-0.15, -0.1) is 11.3 Å². The fourth-order valence-corrected chi connectivity index (χ4v) is 3.72. The number of rotatable bonds is 5. The quantitative estimate of drug-likeness (QED) is 0.725. The van der Waals surface area contributed by atoms with Crippen LogP contribution in [0.3, 0.4) is 0 Å². The Hall–Kier alpha value is -2.62. The zero-order chi connectivity index (χ0) is 18.7. The smallest absolute Gasteiger partial charge is 0.257 e. The standard InChI is InChI=1S/C17H16N4O3S2/c1-21(2)26(23,24)13-8-6-12(7-9-13)16(22)20-17-19-15(11-25-17)14-5-3-4-10-18-14/h3-11H,1-2H3,(H,19,20,22). The zero-order valence-corrected chi connectivity index (χ0v) is 15.7. The van der Waals surface area contributed by atoms with Gasteiger partial charge in [0, 0.05) is 31.2 Å². The molecule has 0 spiro atoms. The van der Waals surface area contributed by atoms with Crippen molar-refractivity contribution in [2.45, 2.75) is 4.90 Å². The number of aromatic nitrogens is 2. The van der Waals surface area contributed by atoms with Gasteiger partial charge in [0.25, 0.3) is 5.91 Å². The number of nitrogens with zero attached hydrogens (tertiary/aromatic N) is 3. The number of hydrogen-bond acceptors (Lipinski definition) is 6. The molecule has 0 saturated heterocycles. The normalized spacial score (nSPS) is 11.5. The van der Waals surface area contributed by atoms with E-state index >= 15 is 0 Å². The van der Waals surface area contributed by atoms with Crippen LogP contribution in [-0.4, -0.2) is 42.7 Å². The van der Waals surface area contributed by atoms with E-state index in [1.54, 1.807) is 6.20 Å². The SMILES string of the molecule is CN(C)S(=O)(=O)c1ccc(C(=O)Nc2nc(-c3ccccn3)cs2)cc1. The maximum Gasteiger partial charge on any atom is 0.257 e. The molecule has 0 aliphatic carbocycles. The molecule has 7 nitrogen and oxygen atoms in total. The molecule has 1 aromatic carbocycles. The number of benzene rings is 1. The first-order valence-electron chi connectivity index (χ1n) is 7.59. The molecule has 0 radical (unpaired) electrons. The minimum Gasteiger partial charge on any atom is -0.298 e. The maximum absolute atomic E-state index is 12.3. The highest BCUT2D eigenvalue weighted by atomic mass is 32.2. The van der Waals surface area contributed by atoms with Gasteiger partial charge in [-0.25, -0.2) is 17.7 Å². The Morgan fingerprint density at radius 2 is 1.81 bits per heavy atom. The predicted octanol–water partition coefficient (Wildman–Crippen LogP) is 2.71. The summed E-state index contributed by atoms with van der Waals surface area (Å²) in [5, 5.41) is 4.97. The molecular weight excluding hydrogens is 372 g/mol. The van der Waals surface area contributed by atoms with Gasteiger partial charge in [-0.3, -0.25) is 15.1 Å². The first-order valence-corrected chi connectivity index (χ1v) is 9.91. The maximum atomic E-state index is 12.3. The second kappa shape index (κ2) is 7.32. The molecule has 0 saturated carbocycles. The number of carbonyl (C=O) groups excluding carboxylic acids is 1. The van der Waals surface area contributed by atoms with E-state index in [2.05, 4.69) is 15.3 Å². The van der Waals surface area contributed by atoms with E-state index < -0.39 is 10.0 Å². The number of carbonyl (C=O) groups is 1. The Bertz CT molecular complexity index is 1010. The van der Waals surface area contributed by atoms with Gasteiger partial charge in [0.2, 0.25) is 10.0 Å². The van der Waals surface area contributed by atoms with E-state index in [1.165, 1.54) is 49.7 Å². The lowest BCUT2D eigenvalue weighted by molar-refractivity contribution is 0.102. The Morgan fingerprint density at radius 1 is 1.08 bits per heavy atom. The molecular formula is C17H16N4O3S2. The zero-order valence-electron chi connectivity index (χ0n) is 14.1. The van der Waals surface area contributed by atoms with Crippen LogP contribution < -0.4 is 5.32 Å². The molecule has 9 heteroatoms. The average molecular weight is 388 g/mol. The summed E-state index contributed by atoms with van der Waals surface area (Å²) in [5.41, 5.74) is 1.75. The Balaban J connectivity index is 1.74. The van der Waals surface area contributed by atoms with E-state index in [4.69, 9.17) is 0 Å². The number of pyridine rings is 1. The van der Waals surface area contributed by atoms with Gasteiger partial charge in [0.15, 0.2) is 5.13 Å². The van der Waals surface area contributed by atoms with E-state index in [0.29, 0.717) is 16.4 Å². The van der Waals surface area contributed by atoms with Crippen LogP contribution in [0, 0.1) is 0 Å². The lowest BCUT2D eigenvalue weighted by Gasteiger charge is -2.11. The number of anilines is 1. The summed E-state index contributed by atoms with van der Waals surface area (Å²) in [4.78, 5) is 21.0. The van der Waals surface area contributed by atoms with Crippen molar-refractivity contribution in [2.24, 2.45) is 0 Å². The van der Waals surface area contributed by atoms with Gasteiger partial charge in [0.05, 0.1) is 10.6 Å². The Labute approximate surface area is 155 Å². The Morgan fingerprint density at radius 3 is 2.42 bits per heavy atom. The fraction of sp³-hybridized carbons (Fsp3) is 0.118. The van der Waals surface area contributed by atoms with Crippen LogP contribution in [-0.2, 0) is 10.0 Å². The van der Waals surface area contributed by atoms with Gasteiger partial charge in [0.1, 0.15) is 5.69 Å². The van der Waals surface area contributed by atoms with Crippen LogP contribution in [0.4, 0.5) is 5.13 Å². The highest BCUT2D eigenvalue weighted by Crippen LogP contribution is 2.23. The molecule has 0 unspecified atom stereocenters. The van der Waals surface area contributed by atoms with Crippen molar-refractivity contribution in [3.8, 4) is 11.4 Å². The summed E-state index contributed by atoms with van der Waals surface area (Å²) in [7, 11) is -0.609. The Kier molecular flexibility index (Phi) is 5.12. The van der Waals surface area contributed by atoms with Crippen molar-refractivity contribution in [1.29, 1.82) is 0 Å². The minimum atomic E-state index is -3.52. The van der Waals surface area contributed by atoms with E-state index in [0.717, 1.165) is 10.00 Å². The third-order valence-corrected chi connectivity index (χ3v) is 6.13. The lowest BCUT2D eigenvalue weighted by Crippen LogP contribution is -2.22. The summed E-state index contributed by atoms with van der Waals surface area (Å²) in [6.07, 6.45) is 1.68. The highest BCUT2D eigenvalue weighted by Gasteiger charge is 2.18. The summed E-state index contributed by atoms with van der Waals surface area (Å²) < 4.78 is 25.2. The molecule has 0 aliphatic rings. The molecule has 2 heterocycles. The first-order chi connectivity index (χ1) is 12.4. The molecule has 3 aromatic rings. The third-order valence-electron chi connectivity index (χ3n) is 3.55. The number of nitrogens with one attached hydrogen (secondary N) is 1. The van der Waals surface area contributed by atoms with Crippen LogP contribution in [0.25, 0.3) is 11.4 Å². The van der Waals surface area contributed by atoms with Crippen molar-refractivity contribution in [1.82, 2.24) is 14.3 Å². The van der Waals surface area contributed by atoms with Gasteiger partial charge < -0.3 is 0 Å². The molecule has 2 aromatic heterocycles. The molecule has 0 bridgehead atoms. The largest absolute Gasteiger partial charge is 0.298 e. The highest BCUT2D eigenvalue weighted by molar-refractivity contribution is 7.89. The average Bonchev–Trinajstić information content (AvgIpc) is 3.11.